The molecule has 0 radical (unpaired) electrons. The monoisotopic (exact) mass is 294 g/mol. The molecule has 0 unspecified atom stereocenters. The van der Waals surface area contributed by atoms with Crippen molar-refractivity contribution >= 4 is 23.2 Å². The Hall–Kier alpha value is -1.27. The number of alkyl halides is 3. The minimum absolute atomic E-state index is 0.0885. The Morgan fingerprint density at radius 3 is 2.58 bits per heavy atom. The van der Waals surface area contributed by atoms with Gasteiger partial charge in [-0.15, -0.1) is 0 Å². The predicted octanol–water partition coefficient (Wildman–Crippen LogP) is 3.30. The van der Waals surface area contributed by atoms with Crippen LogP contribution in [-0.2, 0) is 11.0 Å². The van der Waals surface area contributed by atoms with Crippen LogP contribution in [0.2, 0.25) is 5.02 Å². The van der Waals surface area contributed by atoms with Gasteiger partial charge in [0.05, 0.1) is 22.8 Å². The summed E-state index contributed by atoms with van der Waals surface area (Å²) in [6, 6.07) is 2.81. The second-order valence-electron chi connectivity index (χ2n) is 3.92. The first kappa shape index (κ1) is 15.8. The molecule has 19 heavy (non-hydrogen) atoms. The van der Waals surface area contributed by atoms with E-state index in [1.807, 2.05) is 6.92 Å². The summed E-state index contributed by atoms with van der Waals surface area (Å²) < 4.78 is 37.2. The largest absolute Gasteiger partial charge is 0.416 e. The van der Waals surface area contributed by atoms with Gasteiger partial charge in [0.25, 0.3) is 0 Å². The van der Waals surface area contributed by atoms with Crippen LogP contribution in [0.4, 0.5) is 18.9 Å². The molecule has 0 fully saturated rings. The summed E-state index contributed by atoms with van der Waals surface area (Å²) >= 11 is 5.71. The normalized spacial score (nSPS) is 11.4. The van der Waals surface area contributed by atoms with Crippen molar-refractivity contribution in [3.8, 4) is 0 Å². The van der Waals surface area contributed by atoms with Crippen LogP contribution in [0.25, 0.3) is 0 Å². The van der Waals surface area contributed by atoms with E-state index in [9.17, 15) is 18.0 Å². The molecule has 1 rings (SSSR count). The maximum atomic E-state index is 12.4. The highest BCUT2D eigenvalue weighted by molar-refractivity contribution is 6.33. The van der Waals surface area contributed by atoms with E-state index in [0.717, 1.165) is 24.6 Å². The zero-order valence-corrected chi connectivity index (χ0v) is 11.0. The molecule has 0 saturated carbocycles. The Balaban J connectivity index is 2.67. The molecular formula is C12H14ClF3N2O. The molecular weight excluding hydrogens is 281 g/mol. The second-order valence-corrected chi connectivity index (χ2v) is 4.32. The molecule has 7 heteroatoms. The highest BCUT2D eigenvalue weighted by atomic mass is 35.5. The maximum absolute atomic E-state index is 12.4. The van der Waals surface area contributed by atoms with Crippen LogP contribution in [-0.4, -0.2) is 19.0 Å². The Morgan fingerprint density at radius 1 is 1.37 bits per heavy atom. The number of rotatable bonds is 5. The molecule has 0 bridgehead atoms. The summed E-state index contributed by atoms with van der Waals surface area (Å²) in [4.78, 5) is 11.5. The summed E-state index contributed by atoms with van der Waals surface area (Å²) in [5, 5.41) is 5.18. The third-order valence-corrected chi connectivity index (χ3v) is 2.60. The Labute approximate surface area is 114 Å². The smallest absolute Gasteiger partial charge is 0.324 e. The van der Waals surface area contributed by atoms with Gasteiger partial charge in [-0.05, 0) is 31.2 Å². The van der Waals surface area contributed by atoms with E-state index in [-0.39, 0.29) is 23.2 Å². The number of nitrogens with one attached hydrogen (secondary N) is 2. The highest BCUT2D eigenvalue weighted by Crippen LogP contribution is 2.33. The number of anilines is 1. The van der Waals surface area contributed by atoms with E-state index in [4.69, 9.17) is 11.6 Å². The number of hydrogen-bond acceptors (Lipinski definition) is 2. The lowest BCUT2D eigenvalue weighted by atomic mass is 10.2. The number of benzene rings is 1. The molecule has 0 atom stereocenters. The number of hydrogen-bond donors (Lipinski definition) is 2. The number of halogens is 4. The van der Waals surface area contributed by atoms with Gasteiger partial charge < -0.3 is 10.6 Å². The lowest BCUT2D eigenvalue weighted by Gasteiger charge is -2.11. The summed E-state index contributed by atoms with van der Waals surface area (Å²) in [6.45, 7) is 2.73. The molecule has 0 aliphatic rings. The molecule has 0 aliphatic heterocycles. The molecule has 1 amide bonds. The van der Waals surface area contributed by atoms with Crippen LogP contribution in [0.1, 0.15) is 18.9 Å². The topological polar surface area (TPSA) is 41.1 Å². The standard InChI is InChI=1S/C12H14ClF3N2O/c1-2-5-17-7-11(19)18-10-4-3-8(6-9(10)13)12(14,15)16/h3-4,6,17H,2,5,7H2,1H3,(H,18,19). The fraction of sp³-hybridized carbons (Fsp3) is 0.417. The van der Waals surface area contributed by atoms with Crippen molar-refractivity contribution in [3.05, 3.63) is 28.8 Å². The molecule has 0 spiro atoms. The number of carbonyl (C=O) groups is 1. The first-order chi connectivity index (χ1) is 8.84. The van der Waals surface area contributed by atoms with Crippen LogP contribution in [0.3, 0.4) is 0 Å². The zero-order chi connectivity index (χ0) is 14.5. The Morgan fingerprint density at radius 2 is 2.05 bits per heavy atom. The first-order valence-corrected chi connectivity index (χ1v) is 6.09. The van der Waals surface area contributed by atoms with Crippen molar-refractivity contribution in [1.29, 1.82) is 0 Å². The Kier molecular flexibility index (Phi) is 5.62. The van der Waals surface area contributed by atoms with Crippen molar-refractivity contribution in [1.82, 2.24) is 5.32 Å². The fourth-order valence-corrected chi connectivity index (χ4v) is 1.59. The van der Waals surface area contributed by atoms with E-state index in [1.165, 1.54) is 0 Å². The van der Waals surface area contributed by atoms with Crippen molar-refractivity contribution in [2.75, 3.05) is 18.4 Å². The van der Waals surface area contributed by atoms with E-state index in [2.05, 4.69) is 10.6 Å². The zero-order valence-electron chi connectivity index (χ0n) is 10.3. The number of amides is 1. The minimum Gasteiger partial charge on any atom is -0.324 e. The van der Waals surface area contributed by atoms with Crippen molar-refractivity contribution in [2.24, 2.45) is 0 Å². The van der Waals surface area contributed by atoms with Gasteiger partial charge in [-0.25, -0.2) is 0 Å². The van der Waals surface area contributed by atoms with E-state index in [0.29, 0.717) is 6.54 Å². The molecule has 1 aromatic rings. The molecule has 0 aliphatic carbocycles. The quantitative estimate of drug-likeness (QED) is 0.818. The van der Waals surface area contributed by atoms with Gasteiger partial charge in [-0.1, -0.05) is 18.5 Å². The molecule has 2 N–H and O–H groups in total. The minimum atomic E-state index is -4.45. The van der Waals surface area contributed by atoms with Gasteiger partial charge in [0, 0.05) is 0 Å². The van der Waals surface area contributed by atoms with Crippen LogP contribution in [0, 0.1) is 0 Å². The van der Waals surface area contributed by atoms with Crippen LogP contribution >= 0.6 is 11.6 Å². The summed E-state index contributed by atoms with van der Waals surface area (Å²) in [7, 11) is 0. The van der Waals surface area contributed by atoms with Crippen molar-refractivity contribution in [3.63, 3.8) is 0 Å². The lowest BCUT2D eigenvalue weighted by molar-refractivity contribution is -0.137. The number of carbonyl (C=O) groups excluding carboxylic acids is 1. The summed E-state index contributed by atoms with van der Waals surface area (Å²) in [5.41, 5.74) is -0.683. The molecule has 1 aromatic carbocycles. The third kappa shape index (κ3) is 5.08. The molecule has 0 heterocycles. The van der Waals surface area contributed by atoms with Gasteiger partial charge in [0.2, 0.25) is 5.91 Å². The maximum Gasteiger partial charge on any atom is 0.416 e. The molecule has 3 nitrogen and oxygen atoms in total. The van der Waals surface area contributed by atoms with Gasteiger partial charge in [-0.2, -0.15) is 13.2 Å². The van der Waals surface area contributed by atoms with Gasteiger partial charge in [-0.3, -0.25) is 4.79 Å². The van der Waals surface area contributed by atoms with Gasteiger partial charge in [0.1, 0.15) is 0 Å². The third-order valence-electron chi connectivity index (χ3n) is 2.28. The fourth-order valence-electron chi connectivity index (χ4n) is 1.37. The van der Waals surface area contributed by atoms with Crippen LogP contribution in [0.15, 0.2) is 18.2 Å². The summed E-state index contributed by atoms with van der Waals surface area (Å²) in [5.74, 6) is -0.352. The van der Waals surface area contributed by atoms with Crippen LogP contribution in [0.5, 0.6) is 0 Å². The molecule has 106 valence electrons. The summed E-state index contributed by atoms with van der Waals surface area (Å²) in [6.07, 6.45) is -3.57. The molecule has 0 aromatic heterocycles. The van der Waals surface area contributed by atoms with Crippen molar-refractivity contribution in [2.45, 2.75) is 19.5 Å². The van der Waals surface area contributed by atoms with Crippen molar-refractivity contribution < 1.29 is 18.0 Å². The van der Waals surface area contributed by atoms with Gasteiger partial charge in [0.15, 0.2) is 0 Å². The second kappa shape index (κ2) is 6.77. The molecule has 0 saturated heterocycles. The van der Waals surface area contributed by atoms with E-state index < -0.39 is 11.7 Å². The average Bonchev–Trinajstić information content (AvgIpc) is 2.31. The average molecular weight is 295 g/mol. The Bertz CT molecular complexity index is 449. The lowest BCUT2D eigenvalue weighted by Crippen LogP contribution is -2.28. The van der Waals surface area contributed by atoms with E-state index >= 15 is 0 Å². The first-order valence-electron chi connectivity index (χ1n) is 5.72. The predicted molar refractivity (Wildman–Crippen MR) is 68.2 cm³/mol. The SMILES string of the molecule is CCCNCC(=O)Nc1ccc(C(F)(F)F)cc1Cl. The van der Waals surface area contributed by atoms with Crippen LogP contribution < -0.4 is 10.6 Å². The highest BCUT2D eigenvalue weighted by Gasteiger charge is 2.30. The van der Waals surface area contributed by atoms with Gasteiger partial charge >= 0.3 is 6.18 Å². The van der Waals surface area contributed by atoms with E-state index in [1.54, 1.807) is 0 Å².